The first-order chi connectivity index (χ1) is 9.61. The number of nitrogens with one attached hydrogen (secondary N) is 1. The number of hydrogen-bond acceptors (Lipinski definition) is 3. The Morgan fingerprint density at radius 3 is 2.80 bits per heavy atom. The summed E-state index contributed by atoms with van der Waals surface area (Å²) < 4.78 is 15.0. The van der Waals surface area contributed by atoms with E-state index in [9.17, 15) is 4.39 Å². The fraction of sp³-hybridized carbons (Fsp3) is 0.467. The van der Waals surface area contributed by atoms with Crippen molar-refractivity contribution < 1.29 is 4.39 Å². The quantitative estimate of drug-likeness (QED) is 0.881. The van der Waals surface area contributed by atoms with Crippen molar-refractivity contribution in [3.05, 3.63) is 47.3 Å². The maximum Gasteiger partial charge on any atom is 0.138 e. The van der Waals surface area contributed by atoms with E-state index in [-0.39, 0.29) is 11.9 Å². The summed E-state index contributed by atoms with van der Waals surface area (Å²) >= 11 is 0. The summed E-state index contributed by atoms with van der Waals surface area (Å²) in [5, 5.41) is 7.61. The average Bonchev–Trinajstić information content (AvgIpc) is 2.80. The summed E-state index contributed by atoms with van der Waals surface area (Å²) in [5.41, 5.74) is 2.07. The van der Waals surface area contributed by atoms with Crippen molar-refractivity contribution in [3.63, 3.8) is 0 Å². The van der Waals surface area contributed by atoms with Gasteiger partial charge < -0.3 is 5.32 Å². The van der Waals surface area contributed by atoms with Crippen LogP contribution in [0.1, 0.15) is 36.3 Å². The third kappa shape index (κ3) is 3.42. The summed E-state index contributed by atoms with van der Waals surface area (Å²) in [7, 11) is 1.89. The Balaban J connectivity index is 2.24. The first-order valence-electron chi connectivity index (χ1n) is 6.94. The van der Waals surface area contributed by atoms with Gasteiger partial charge in [-0.25, -0.2) is 9.37 Å². The van der Waals surface area contributed by atoms with Crippen LogP contribution in [0.4, 0.5) is 4.39 Å². The molecule has 0 aliphatic carbocycles. The standard InChI is InChI=1S/C15H21FN4/c1-4-7-17-14(9-15-18-10-19-20(15)3)13-6-5-12(16)8-11(13)2/h5-6,8,10,14,17H,4,7,9H2,1-3H3. The predicted octanol–water partition coefficient (Wildman–Crippen LogP) is 2.55. The second-order valence-electron chi connectivity index (χ2n) is 5.01. The molecule has 0 aliphatic heterocycles. The molecule has 0 fully saturated rings. The largest absolute Gasteiger partial charge is 0.310 e. The molecular formula is C15H21FN4. The lowest BCUT2D eigenvalue weighted by molar-refractivity contribution is 0.503. The Kier molecular flexibility index (Phi) is 4.84. The van der Waals surface area contributed by atoms with Gasteiger partial charge in [0.2, 0.25) is 0 Å². The molecule has 2 rings (SSSR count). The molecule has 1 aromatic carbocycles. The first-order valence-corrected chi connectivity index (χ1v) is 6.94. The van der Waals surface area contributed by atoms with E-state index in [1.54, 1.807) is 17.1 Å². The number of rotatable bonds is 6. The predicted molar refractivity (Wildman–Crippen MR) is 76.9 cm³/mol. The summed E-state index contributed by atoms with van der Waals surface area (Å²) in [5.74, 6) is 0.724. The fourth-order valence-corrected chi connectivity index (χ4v) is 2.33. The Morgan fingerprint density at radius 2 is 2.20 bits per heavy atom. The van der Waals surface area contributed by atoms with Gasteiger partial charge in [0.05, 0.1) is 0 Å². The van der Waals surface area contributed by atoms with Gasteiger partial charge in [0.15, 0.2) is 0 Å². The van der Waals surface area contributed by atoms with Gasteiger partial charge in [-0.05, 0) is 43.1 Å². The van der Waals surface area contributed by atoms with E-state index in [0.717, 1.165) is 36.3 Å². The Labute approximate surface area is 119 Å². The van der Waals surface area contributed by atoms with Crippen LogP contribution in [-0.4, -0.2) is 21.3 Å². The molecule has 0 saturated heterocycles. The molecule has 2 aromatic rings. The molecule has 0 aliphatic rings. The van der Waals surface area contributed by atoms with Crippen molar-refractivity contribution in [1.82, 2.24) is 20.1 Å². The highest BCUT2D eigenvalue weighted by Gasteiger charge is 2.16. The third-order valence-corrected chi connectivity index (χ3v) is 3.44. The molecule has 108 valence electrons. The molecule has 0 bridgehead atoms. The Bertz CT molecular complexity index is 565. The number of aryl methyl sites for hydroxylation is 2. The molecule has 20 heavy (non-hydrogen) atoms. The van der Waals surface area contributed by atoms with E-state index in [0.29, 0.717) is 0 Å². The summed E-state index contributed by atoms with van der Waals surface area (Å²) in [6.45, 7) is 4.99. The highest BCUT2D eigenvalue weighted by molar-refractivity contribution is 5.30. The van der Waals surface area contributed by atoms with Crippen LogP contribution in [0.25, 0.3) is 0 Å². The minimum atomic E-state index is -0.195. The van der Waals surface area contributed by atoms with Crippen molar-refractivity contribution in [1.29, 1.82) is 0 Å². The van der Waals surface area contributed by atoms with Crippen LogP contribution >= 0.6 is 0 Å². The highest BCUT2D eigenvalue weighted by Crippen LogP contribution is 2.22. The molecule has 1 aromatic heterocycles. The number of benzene rings is 1. The minimum Gasteiger partial charge on any atom is -0.310 e. The van der Waals surface area contributed by atoms with Crippen molar-refractivity contribution in [2.45, 2.75) is 32.7 Å². The van der Waals surface area contributed by atoms with E-state index in [4.69, 9.17) is 0 Å². The van der Waals surface area contributed by atoms with Crippen molar-refractivity contribution >= 4 is 0 Å². The maximum atomic E-state index is 13.3. The third-order valence-electron chi connectivity index (χ3n) is 3.44. The van der Waals surface area contributed by atoms with Crippen LogP contribution in [0.3, 0.4) is 0 Å². The van der Waals surface area contributed by atoms with E-state index < -0.39 is 0 Å². The smallest absolute Gasteiger partial charge is 0.138 e. The highest BCUT2D eigenvalue weighted by atomic mass is 19.1. The van der Waals surface area contributed by atoms with Crippen molar-refractivity contribution in [3.8, 4) is 0 Å². The monoisotopic (exact) mass is 276 g/mol. The van der Waals surface area contributed by atoms with Crippen LogP contribution in [0.15, 0.2) is 24.5 Å². The van der Waals surface area contributed by atoms with Gasteiger partial charge >= 0.3 is 0 Å². The van der Waals surface area contributed by atoms with Gasteiger partial charge in [-0.15, -0.1) is 0 Å². The van der Waals surface area contributed by atoms with Gasteiger partial charge in [0.25, 0.3) is 0 Å². The van der Waals surface area contributed by atoms with Crippen molar-refractivity contribution in [2.24, 2.45) is 7.05 Å². The molecular weight excluding hydrogens is 255 g/mol. The molecule has 5 heteroatoms. The molecule has 1 unspecified atom stereocenters. The summed E-state index contributed by atoms with van der Waals surface area (Å²) in [6, 6.07) is 5.07. The molecule has 4 nitrogen and oxygen atoms in total. The summed E-state index contributed by atoms with van der Waals surface area (Å²) in [4.78, 5) is 4.27. The number of halogens is 1. The summed E-state index contributed by atoms with van der Waals surface area (Å²) in [6.07, 6.45) is 3.35. The van der Waals surface area contributed by atoms with Crippen LogP contribution in [-0.2, 0) is 13.5 Å². The Morgan fingerprint density at radius 1 is 1.40 bits per heavy atom. The van der Waals surface area contributed by atoms with Gasteiger partial charge in [-0.3, -0.25) is 4.68 Å². The van der Waals surface area contributed by atoms with Crippen LogP contribution < -0.4 is 5.32 Å². The van der Waals surface area contributed by atoms with Gasteiger partial charge in [0, 0.05) is 19.5 Å². The number of hydrogen-bond donors (Lipinski definition) is 1. The maximum absolute atomic E-state index is 13.3. The van der Waals surface area contributed by atoms with Crippen LogP contribution in [0.5, 0.6) is 0 Å². The second kappa shape index (κ2) is 6.61. The molecule has 0 radical (unpaired) electrons. The van der Waals surface area contributed by atoms with E-state index in [1.165, 1.54) is 6.07 Å². The van der Waals surface area contributed by atoms with E-state index in [2.05, 4.69) is 22.3 Å². The molecule has 1 atom stereocenters. The zero-order chi connectivity index (χ0) is 14.5. The molecule has 1 heterocycles. The van der Waals surface area contributed by atoms with Gasteiger partial charge in [-0.1, -0.05) is 13.0 Å². The minimum absolute atomic E-state index is 0.124. The van der Waals surface area contributed by atoms with Gasteiger partial charge in [0.1, 0.15) is 18.0 Å². The lowest BCUT2D eigenvalue weighted by Gasteiger charge is -2.20. The zero-order valence-corrected chi connectivity index (χ0v) is 12.2. The topological polar surface area (TPSA) is 42.7 Å². The Hall–Kier alpha value is -1.75. The molecule has 0 spiro atoms. The average molecular weight is 276 g/mol. The van der Waals surface area contributed by atoms with Crippen molar-refractivity contribution in [2.75, 3.05) is 6.54 Å². The normalized spacial score (nSPS) is 12.6. The first kappa shape index (κ1) is 14.7. The fourth-order valence-electron chi connectivity index (χ4n) is 2.33. The molecule has 0 amide bonds. The lowest BCUT2D eigenvalue weighted by Crippen LogP contribution is -2.26. The SMILES string of the molecule is CCCNC(Cc1ncnn1C)c1ccc(F)cc1C. The van der Waals surface area contributed by atoms with E-state index >= 15 is 0 Å². The molecule has 0 saturated carbocycles. The van der Waals surface area contributed by atoms with Crippen LogP contribution in [0.2, 0.25) is 0 Å². The number of nitrogens with zero attached hydrogens (tertiary/aromatic N) is 3. The van der Waals surface area contributed by atoms with Gasteiger partial charge in [-0.2, -0.15) is 5.10 Å². The zero-order valence-electron chi connectivity index (χ0n) is 12.2. The van der Waals surface area contributed by atoms with E-state index in [1.807, 2.05) is 20.0 Å². The lowest BCUT2D eigenvalue weighted by atomic mass is 9.98. The second-order valence-corrected chi connectivity index (χ2v) is 5.01. The number of aromatic nitrogens is 3. The molecule has 1 N–H and O–H groups in total. The van der Waals surface area contributed by atoms with Crippen LogP contribution in [0, 0.1) is 12.7 Å².